The molecule has 2 saturated heterocycles. The van der Waals surface area contributed by atoms with Crippen LogP contribution >= 0.6 is 0 Å². The van der Waals surface area contributed by atoms with E-state index >= 15 is 0 Å². The van der Waals surface area contributed by atoms with Crippen LogP contribution in [0.2, 0.25) is 0 Å². The number of imide groups is 1. The van der Waals surface area contributed by atoms with E-state index in [4.69, 9.17) is 4.74 Å². The summed E-state index contributed by atoms with van der Waals surface area (Å²) in [4.78, 5) is 53.2. The Labute approximate surface area is 166 Å². The van der Waals surface area contributed by atoms with Gasteiger partial charge in [-0.05, 0) is 39.5 Å². The Morgan fingerprint density at radius 3 is 2.32 bits per heavy atom. The summed E-state index contributed by atoms with van der Waals surface area (Å²) in [7, 11) is 0. The van der Waals surface area contributed by atoms with Gasteiger partial charge in [-0.3, -0.25) is 19.3 Å². The Hall–Kier alpha value is -2.12. The third-order valence-electron chi connectivity index (χ3n) is 5.39. The highest BCUT2D eigenvalue weighted by molar-refractivity contribution is 5.99. The van der Waals surface area contributed by atoms with Crippen molar-refractivity contribution in [3.05, 3.63) is 0 Å². The summed E-state index contributed by atoms with van der Waals surface area (Å²) in [5.74, 6) is -1.26. The van der Waals surface area contributed by atoms with E-state index in [0.29, 0.717) is 19.4 Å². The van der Waals surface area contributed by atoms with Gasteiger partial charge in [0.05, 0.1) is 18.0 Å². The zero-order chi connectivity index (χ0) is 21.4. The molecule has 8 heteroatoms. The van der Waals surface area contributed by atoms with Crippen LogP contribution in [0.4, 0.5) is 4.79 Å². The third kappa shape index (κ3) is 4.31. The molecule has 2 aliphatic rings. The maximum atomic E-state index is 13.3. The lowest BCUT2D eigenvalue weighted by Crippen LogP contribution is -2.54. The number of fused-ring (bicyclic) bond motifs is 1. The highest BCUT2D eigenvalue weighted by atomic mass is 16.6. The first-order valence-electron chi connectivity index (χ1n) is 10.0. The number of carbonyl (C=O) groups is 4. The predicted molar refractivity (Wildman–Crippen MR) is 103 cm³/mol. The van der Waals surface area contributed by atoms with E-state index in [9.17, 15) is 19.2 Å². The first-order valence-corrected chi connectivity index (χ1v) is 10.0. The summed E-state index contributed by atoms with van der Waals surface area (Å²) in [6.07, 6.45) is 0.477. The van der Waals surface area contributed by atoms with Gasteiger partial charge in [0.1, 0.15) is 11.6 Å². The number of hydrogen-bond acceptors (Lipinski definition) is 5. The summed E-state index contributed by atoms with van der Waals surface area (Å²) in [5, 5.41) is 2.69. The first-order chi connectivity index (χ1) is 12.9. The van der Waals surface area contributed by atoms with Gasteiger partial charge in [-0.1, -0.05) is 20.8 Å². The molecule has 158 valence electrons. The average molecular weight is 396 g/mol. The number of hydrogen-bond donors (Lipinski definition) is 1. The number of nitrogens with one attached hydrogen (secondary N) is 1. The van der Waals surface area contributed by atoms with Crippen molar-refractivity contribution in [3.63, 3.8) is 0 Å². The van der Waals surface area contributed by atoms with Crippen LogP contribution in [0.25, 0.3) is 0 Å². The molecule has 8 nitrogen and oxygen atoms in total. The van der Waals surface area contributed by atoms with Crippen LogP contribution in [0.15, 0.2) is 0 Å². The summed E-state index contributed by atoms with van der Waals surface area (Å²) in [6.45, 7) is 12.7. The van der Waals surface area contributed by atoms with Gasteiger partial charge in [-0.15, -0.1) is 0 Å². The molecule has 0 aromatic rings. The summed E-state index contributed by atoms with van der Waals surface area (Å²) in [6, 6.07) is -1.38. The molecule has 1 N–H and O–H groups in total. The Kier molecular flexibility index (Phi) is 6.41. The first kappa shape index (κ1) is 22.2. The molecule has 2 rings (SSSR count). The fourth-order valence-electron chi connectivity index (χ4n) is 4.24. The molecule has 0 bridgehead atoms. The van der Waals surface area contributed by atoms with Gasteiger partial charge in [-0.2, -0.15) is 0 Å². The zero-order valence-corrected chi connectivity index (χ0v) is 17.9. The van der Waals surface area contributed by atoms with Gasteiger partial charge in [-0.25, -0.2) is 4.79 Å². The van der Waals surface area contributed by atoms with Crippen molar-refractivity contribution in [1.82, 2.24) is 15.1 Å². The van der Waals surface area contributed by atoms with Gasteiger partial charge in [0.2, 0.25) is 17.7 Å². The van der Waals surface area contributed by atoms with Crippen LogP contribution in [0.5, 0.6) is 0 Å². The maximum absolute atomic E-state index is 13.3. The molecule has 0 aromatic heterocycles. The minimum atomic E-state index is -0.757. The van der Waals surface area contributed by atoms with E-state index in [1.54, 1.807) is 25.7 Å². The van der Waals surface area contributed by atoms with Crippen molar-refractivity contribution in [1.29, 1.82) is 0 Å². The van der Waals surface area contributed by atoms with Crippen LogP contribution in [0, 0.1) is 11.8 Å². The Balaban J connectivity index is 2.22. The molecule has 4 amide bonds. The number of carbonyl (C=O) groups excluding carboxylic acids is 4. The lowest BCUT2D eigenvalue weighted by atomic mass is 9.95. The van der Waals surface area contributed by atoms with Gasteiger partial charge < -0.3 is 15.0 Å². The van der Waals surface area contributed by atoms with Gasteiger partial charge in [0, 0.05) is 13.5 Å². The van der Waals surface area contributed by atoms with Crippen LogP contribution < -0.4 is 5.32 Å². The Morgan fingerprint density at radius 2 is 1.86 bits per heavy atom. The van der Waals surface area contributed by atoms with E-state index in [2.05, 4.69) is 5.32 Å². The van der Waals surface area contributed by atoms with E-state index < -0.39 is 23.7 Å². The number of ether oxygens (including phenoxy) is 1. The minimum absolute atomic E-state index is 0.153. The Bertz CT molecular complexity index is 655. The Morgan fingerprint density at radius 1 is 1.25 bits per heavy atom. The molecule has 2 aliphatic heterocycles. The quantitative estimate of drug-likeness (QED) is 0.785. The van der Waals surface area contributed by atoms with Crippen LogP contribution in [0.1, 0.15) is 61.3 Å². The lowest BCUT2D eigenvalue weighted by Gasteiger charge is -2.32. The fourth-order valence-corrected chi connectivity index (χ4v) is 4.24. The molecule has 2 heterocycles. The molecule has 0 spiro atoms. The summed E-state index contributed by atoms with van der Waals surface area (Å²) < 4.78 is 5.30. The number of amides is 4. The fraction of sp³-hybridized carbons (Fsp3) is 0.800. The van der Waals surface area contributed by atoms with Crippen molar-refractivity contribution in [2.75, 3.05) is 6.54 Å². The summed E-state index contributed by atoms with van der Waals surface area (Å²) >= 11 is 0. The minimum Gasteiger partial charge on any atom is -0.444 e. The second-order valence-corrected chi connectivity index (χ2v) is 8.99. The zero-order valence-electron chi connectivity index (χ0n) is 17.9. The molecule has 0 aliphatic carbocycles. The van der Waals surface area contributed by atoms with Crippen molar-refractivity contribution in [3.8, 4) is 0 Å². The largest absolute Gasteiger partial charge is 0.444 e. The van der Waals surface area contributed by atoms with Crippen LogP contribution in [0.3, 0.4) is 0 Å². The number of alkyl carbamates (subject to hydrolysis) is 1. The van der Waals surface area contributed by atoms with Crippen molar-refractivity contribution in [2.24, 2.45) is 11.8 Å². The van der Waals surface area contributed by atoms with E-state index in [0.717, 1.165) is 0 Å². The second kappa shape index (κ2) is 8.09. The van der Waals surface area contributed by atoms with Crippen molar-refractivity contribution >= 4 is 23.8 Å². The average Bonchev–Trinajstić information content (AvgIpc) is 3.06. The van der Waals surface area contributed by atoms with Crippen molar-refractivity contribution < 1.29 is 23.9 Å². The topological polar surface area (TPSA) is 96.0 Å². The van der Waals surface area contributed by atoms with Gasteiger partial charge in [0.15, 0.2) is 0 Å². The standard InChI is InChI=1S/C20H33N3O5/c1-8-13-16-14(23(12(4)24)17(13)25)9-10-22(16)18(26)15(11(2)3)21-19(27)28-20(5,6)7/h11,13-16H,8-10H2,1-7H3,(H,21,27)/t13-,14+,15+,16-/m1/s1. The molecule has 28 heavy (non-hydrogen) atoms. The molecule has 4 atom stereocenters. The molecular weight excluding hydrogens is 362 g/mol. The van der Waals surface area contributed by atoms with Crippen LogP contribution in [-0.2, 0) is 19.1 Å². The van der Waals surface area contributed by atoms with E-state index in [1.807, 2.05) is 20.8 Å². The van der Waals surface area contributed by atoms with Gasteiger partial charge in [0.25, 0.3) is 0 Å². The van der Waals surface area contributed by atoms with Crippen LogP contribution in [-0.4, -0.2) is 63.9 Å². The highest BCUT2D eigenvalue weighted by Gasteiger charge is 2.56. The number of likely N-dealkylation sites (tertiary alicyclic amines) is 2. The normalized spacial score (nSPS) is 25.7. The van der Waals surface area contributed by atoms with E-state index in [1.165, 1.54) is 11.8 Å². The molecule has 0 aromatic carbocycles. The number of rotatable bonds is 4. The summed E-state index contributed by atoms with van der Waals surface area (Å²) in [5.41, 5.74) is -0.666. The lowest BCUT2D eigenvalue weighted by molar-refractivity contribution is -0.144. The van der Waals surface area contributed by atoms with E-state index in [-0.39, 0.29) is 35.7 Å². The molecular formula is C20H33N3O5. The molecule has 0 radical (unpaired) electrons. The highest BCUT2D eigenvalue weighted by Crippen LogP contribution is 2.38. The predicted octanol–water partition coefficient (Wildman–Crippen LogP) is 1.92. The SMILES string of the molecule is CC[C@H]1C(=O)N(C(C)=O)[C@H]2CCN(C(=O)[C@@H](NC(=O)OC(C)(C)C)C(C)C)[C@H]12. The molecule has 2 fully saturated rings. The second-order valence-electron chi connectivity index (χ2n) is 8.99. The smallest absolute Gasteiger partial charge is 0.408 e. The third-order valence-corrected chi connectivity index (χ3v) is 5.39. The monoisotopic (exact) mass is 395 g/mol. The van der Waals surface area contributed by atoms with Gasteiger partial charge >= 0.3 is 6.09 Å². The molecule has 0 unspecified atom stereocenters. The molecule has 0 saturated carbocycles. The van der Waals surface area contributed by atoms with Crippen molar-refractivity contribution in [2.45, 2.75) is 85.0 Å². The number of nitrogens with zero attached hydrogens (tertiary/aromatic N) is 2. The maximum Gasteiger partial charge on any atom is 0.408 e.